The molecule has 0 aliphatic carbocycles. The molecule has 16 heavy (non-hydrogen) atoms. The average molecular weight is 249 g/mol. The number of nitrogens with two attached hydrogens (primary N) is 1. The maximum absolute atomic E-state index is 11.3. The van der Waals surface area contributed by atoms with Gasteiger partial charge >= 0.3 is 0 Å². The van der Waals surface area contributed by atoms with Crippen LogP contribution in [0.5, 0.6) is 0 Å². The SMILES string of the molecule is CCS(=O)(=O)CCCC(N)C1CCOCC1. The summed E-state index contributed by atoms with van der Waals surface area (Å²) in [6.07, 6.45) is 3.53. The third-order valence-corrected chi connectivity index (χ3v) is 5.09. The zero-order valence-electron chi connectivity index (χ0n) is 10.0. The lowest BCUT2D eigenvalue weighted by atomic mass is 9.90. The Bertz CT molecular complexity index is 284. The van der Waals surface area contributed by atoms with Crippen LogP contribution in [0.4, 0.5) is 0 Å². The van der Waals surface area contributed by atoms with Gasteiger partial charge in [-0.15, -0.1) is 0 Å². The van der Waals surface area contributed by atoms with Crippen molar-refractivity contribution < 1.29 is 13.2 Å². The van der Waals surface area contributed by atoms with Crippen LogP contribution in [-0.2, 0) is 14.6 Å². The van der Waals surface area contributed by atoms with Crippen molar-refractivity contribution >= 4 is 9.84 Å². The predicted octanol–water partition coefficient (Wildman–Crippen LogP) is 0.955. The van der Waals surface area contributed by atoms with Gasteiger partial charge in [0.05, 0.1) is 5.75 Å². The van der Waals surface area contributed by atoms with Gasteiger partial charge in [-0.05, 0) is 31.6 Å². The highest BCUT2D eigenvalue weighted by Crippen LogP contribution is 2.20. The van der Waals surface area contributed by atoms with Gasteiger partial charge in [-0.25, -0.2) is 8.42 Å². The van der Waals surface area contributed by atoms with Crippen molar-refractivity contribution in [2.24, 2.45) is 11.7 Å². The zero-order chi connectivity index (χ0) is 12.0. The molecule has 0 amide bonds. The third-order valence-electron chi connectivity index (χ3n) is 3.30. The van der Waals surface area contributed by atoms with Gasteiger partial charge in [0.15, 0.2) is 0 Å². The van der Waals surface area contributed by atoms with Gasteiger partial charge in [0.25, 0.3) is 0 Å². The predicted molar refractivity (Wildman–Crippen MR) is 65.1 cm³/mol. The smallest absolute Gasteiger partial charge is 0.150 e. The first-order valence-electron chi connectivity index (χ1n) is 6.09. The minimum atomic E-state index is -2.83. The molecule has 1 fully saturated rings. The van der Waals surface area contributed by atoms with E-state index < -0.39 is 9.84 Å². The molecule has 0 saturated carbocycles. The van der Waals surface area contributed by atoms with Crippen molar-refractivity contribution in [3.8, 4) is 0 Å². The second-order valence-electron chi connectivity index (χ2n) is 4.49. The Morgan fingerprint density at radius 2 is 2.00 bits per heavy atom. The van der Waals surface area contributed by atoms with Crippen LogP contribution in [0.3, 0.4) is 0 Å². The van der Waals surface area contributed by atoms with E-state index in [0.717, 1.165) is 32.5 Å². The van der Waals surface area contributed by atoms with E-state index in [1.807, 2.05) is 0 Å². The van der Waals surface area contributed by atoms with Gasteiger partial charge < -0.3 is 10.5 Å². The first-order chi connectivity index (χ1) is 7.55. The molecule has 2 N–H and O–H groups in total. The first-order valence-corrected chi connectivity index (χ1v) is 7.91. The fourth-order valence-corrected chi connectivity index (χ4v) is 2.96. The largest absolute Gasteiger partial charge is 0.381 e. The summed E-state index contributed by atoms with van der Waals surface area (Å²) in [6.45, 7) is 3.28. The molecule has 1 rings (SSSR count). The van der Waals surface area contributed by atoms with Gasteiger partial charge in [-0.3, -0.25) is 0 Å². The Labute approximate surface area is 98.5 Å². The van der Waals surface area contributed by atoms with E-state index in [9.17, 15) is 8.42 Å². The van der Waals surface area contributed by atoms with Gasteiger partial charge in [0.1, 0.15) is 9.84 Å². The number of hydrogen-bond acceptors (Lipinski definition) is 4. The highest BCUT2D eigenvalue weighted by atomic mass is 32.2. The Morgan fingerprint density at radius 3 is 2.56 bits per heavy atom. The fourth-order valence-electron chi connectivity index (χ4n) is 2.06. The van der Waals surface area contributed by atoms with Gasteiger partial charge in [-0.1, -0.05) is 6.92 Å². The minimum absolute atomic E-state index is 0.135. The van der Waals surface area contributed by atoms with E-state index >= 15 is 0 Å². The van der Waals surface area contributed by atoms with E-state index in [0.29, 0.717) is 12.3 Å². The molecule has 1 aliphatic heterocycles. The van der Waals surface area contributed by atoms with E-state index in [2.05, 4.69) is 0 Å². The van der Waals surface area contributed by atoms with Crippen LogP contribution in [0.25, 0.3) is 0 Å². The summed E-state index contributed by atoms with van der Waals surface area (Å²) in [6, 6.07) is 0.135. The van der Waals surface area contributed by atoms with Crippen molar-refractivity contribution in [2.45, 2.75) is 38.6 Å². The van der Waals surface area contributed by atoms with E-state index in [1.165, 1.54) is 0 Å². The monoisotopic (exact) mass is 249 g/mol. The molecule has 0 aromatic heterocycles. The van der Waals surface area contributed by atoms with Crippen molar-refractivity contribution in [1.29, 1.82) is 0 Å². The number of rotatable bonds is 6. The van der Waals surface area contributed by atoms with Crippen LogP contribution >= 0.6 is 0 Å². The topological polar surface area (TPSA) is 69.4 Å². The van der Waals surface area contributed by atoms with Crippen molar-refractivity contribution in [2.75, 3.05) is 24.7 Å². The van der Waals surface area contributed by atoms with Crippen LogP contribution in [0.2, 0.25) is 0 Å². The lowest BCUT2D eigenvalue weighted by Gasteiger charge is -2.27. The van der Waals surface area contributed by atoms with Crippen molar-refractivity contribution in [1.82, 2.24) is 0 Å². The summed E-state index contributed by atoms with van der Waals surface area (Å²) in [7, 11) is -2.83. The van der Waals surface area contributed by atoms with E-state index in [1.54, 1.807) is 6.92 Å². The molecule has 4 nitrogen and oxygen atoms in total. The standard InChI is InChI=1S/C11H23NO3S/c1-2-16(13,14)9-3-4-11(12)10-5-7-15-8-6-10/h10-11H,2-9,12H2,1H3. The molecular formula is C11H23NO3S. The molecule has 0 aromatic rings. The molecule has 5 heteroatoms. The Balaban J connectivity index is 2.21. The van der Waals surface area contributed by atoms with E-state index in [-0.39, 0.29) is 17.5 Å². The van der Waals surface area contributed by atoms with Crippen LogP contribution < -0.4 is 5.73 Å². The number of ether oxygens (including phenoxy) is 1. The second-order valence-corrected chi connectivity index (χ2v) is 6.96. The Kier molecular flexibility index (Phi) is 5.72. The Morgan fingerprint density at radius 1 is 1.38 bits per heavy atom. The molecule has 1 saturated heterocycles. The lowest BCUT2D eigenvalue weighted by Crippen LogP contribution is -2.34. The quantitative estimate of drug-likeness (QED) is 0.761. The fraction of sp³-hybridized carbons (Fsp3) is 1.00. The third kappa shape index (κ3) is 4.80. The van der Waals surface area contributed by atoms with Crippen LogP contribution in [-0.4, -0.2) is 39.2 Å². The molecule has 96 valence electrons. The summed E-state index contributed by atoms with van der Waals surface area (Å²) in [5.74, 6) is 1.03. The normalized spacial score (nSPS) is 20.9. The van der Waals surface area contributed by atoms with Crippen LogP contribution in [0, 0.1) is 5.92 Å². The summed E-state index contributed by atoms with van der Waals surface area (Å²) < 4.78 is 27.9. The molecule has 0 spiro atoms. The molecule has 0 bridgehead atoms. The average Bonchev–Trinajstić information content (AvgIpc) is 2.30. The molecule has 0 aromatic carbocycles. The van der Waals surface area contributed by atoms with Gasteiger partial charge in [-0.2, -0.15) is 0 Å². The first kappa shape index (κ1) is 13.9. The highest BCUT2D eigenvalue weighted by Gasteiger charge is 2.21. The number of sulfone groups is 1. The Hall–Kier alpha value is -0.130. The molecule has 1 atom stereocenters. The van der Waals surface area contributed by atoms with Crippen LogP contribution in [0.15, 0.2) is 0 Å². The van der Waals surface area contributed by atoms with Gasteiger partial charge in [0, 0.05) is 25.0 Å². The van der Waals surface area contributed by atoms with Crippen LogP contribution in [0.1, 0.15) is 32.6 Å². The van der Waals surface area contributed by atoms with Crippen molar-refractivity contribution in [3.05, 3.63) is 0 Å². The van der Waals surface area contributed by atoms with Crippen molar-refractivity contribution in [3.63, 3.8) is 0 Å². The minimum Gasteiger partial charge on any atom is -0.381 e. The summed E-state index contributed by atoms with van der Waals surface area (Å²) in [5, 5.41) is 0. The zero-order valence-corrected chi connectivity index (χ0v) is 10.8. The van der Waals surface area contributed by atoms with E-state index in [4.69, 9.17) is 10.5 Å². The maximum atomic E-state index is 11.3. The summed E-state index contributed by atoms with van der Waals surface area (Å²) in [4.78, 5) is 0. The lowest BCUT2D eigenvalue weighted by molar-refractivity contribution is 0.0575. The highest BCUT2D eigenvalue weighted by molar-refractivity contribution is 7.91. The molecule has 0 radical (unpaired) electrons. The molecular weight excluding hydrogens is 226 g/mol. The summed E-state index contributed by atoms with van der Waals surface area (Å²) in [5.41, 5.74) is 6.07. The molecule has 1 aliphatic rings. The summed E-state index contributed by atoms with van der Waals surface area (Å²) >= 11 is 0. The number of hydrogen-bond donors (Lipinski definition) is 1. The molecule has 1 unspecified atom stereocenters. The molecule has 1 heterocycles. The second kappa shape index (κ2) is 6.57. The maximum Gasteiger partial charge on any atom is 0.150 e. The van der Waals surface area contributed by atoms with Gasteiger partial charge in [0.2, 0.25) is 0 Å².